The second-order valence-electron chi connectivity index (χ2n) is 4.41. The van der Waals surface area contributed by atoms with Crippen molar-refractivity contribution in [3.05, 3.63) is 36.2 Å². The van der Waals surface area contributed by atoms with Crippen LogP contribution in [0.5, 0.6) is 0 Å². The van der Waals surface area contributed by atoms with Gasteiger partial charge < -0.3 is 15.6 Å². The monoisotopic (exact) mass is 270 g/mol. The van der Waals surface area contributed by atoms with Gasteiger partial charge in [-0.2, -0.15) is 4.98 Å². The molecule has 0 amide bonds. The van der Waals surface area contributed by atoms with Crippen molar-refractivity contribution in [2.45, 2.75) is 13.3 Å². The van der Waals surface area contributed by atoms with E-state index in [0.717, 1.165) is 16.7 Å². The Morgan fingerprint density at radius 2 is 2.20 bits per heavy atom. The molecule has 0 aliphatic heterocycles. The van der Waals surface area contributed by atoms with E-state index in [1.807, 2.05) is 18.2 Å². The number of hydrogen-bond donors (Lipinski definition) is 2. The fourth-order valence-corrected chi connectivity index (χ4v) is 1.95. The van der Waals surface area contributed by atoms with Gasteiger partial charge in [-0.1, -0.05) is 5.16 Å². The van der Waals surface area contributed by atoms with E-state index in [0.29, 0.717) is 30.4 Å². The Hall–Kier alpha value is -2.70. The molecule has 1 aromatic carbocycles. The fourth-order valence-electron chi connectivity index (χ4n) is 1.95. The van der Waals surface area contributed by atoms with Crippen molar-refractivity contribution < 1.29 is 4.52 Å². The van der Waals surface area contributed by atoms with Gasteiger partial charge in [-0.25, -0.2) is 9.97 Å². The summed E-state index contributed by atoms with van der Waals surface area (Å²) in [7, 11) is 0. The molecule has 0 fully saturated rings. The quantitative estimate of drug-likeness (QED) is 0.693. The zero-order chi connectivity index (χ0) is 13.9. The van der Waals surface area contributed by atoms with Crippen LogP contribution in [-0.2, 0) is 6.42 Å². The standard InChI is InChI=1S/C13H14N6O/c1-8-18-12(19-20-8)4-5-15-13-10-6-9(14)2-3-11(10)16-7-17-13/h2-3,6-7H,4-5,14H2,1H3,(H,15,16,17). The van der Waals surface area contributed by atoms with Gasteiger partial charge in [0.1, 0.15) is 12.1 Å². The van der Waals surface area contributed by atoms with Gasteiger partial charge in [-0.15, -0.1) is 0 Å². The molecule has 3 N–H and O–H groups in total. The highest BCUT2D eigenvalue weighted by atomic mass is 16.5. The summed E-state index contributed by atoms with van der Waals surface area (Å²) in [5, 5.41) is 7.99. The van der Waals surface area contributed by atoms with Gasteiger partial charge in [0.25, 0.3) is 0 Å². The first-order valence-corrected chi connectivity index (χ1v) is 6.25. The van der Waals surface area contributed by atoms with Crippen LogP contribution in [0.4, 0.5) is 11.5 Å². The molecule has 0 saturated carbocycles. The average Bonchev–Trinajstić information content (AvgIpc) is 2.85. The van der Waals surface area contributed by atoms with E-state index in [1.165, 1.54) is 6.33 Å². The lowest BCUT2D eigenvalue weighted by Gasteiger charge is -2.07. The number of aryl methyl sites for hydroxylation is 1. The smallest absolute Gasteiger partial charge is 0.223 e. The number of nitrogen functional groups attached to an aromatic ring is 1. The highest BCUT2D eigenvalue weighted by Gasteiger charge is 2.05. The third-order valence-corrected chi connectivity index (χ3v) is 2.87. The summed E-state index contributed by atoms with van der Waals surface area (Å²) in [5.74, 6) is 2.00. The largest absolute Gasteiger partial charge is 0.399 e. The van der Waals surface area contributed by atoms with Gasteiger partial charge in [0.15, 0.2) is 5.82 Å². The third kappa shape index (κ3) is 2.51. The summed E-state index contributed by atoms with van der Waals surface area (Å²) in [6.07, 6.45) is 2.19. The normalized spacial score (nSPS) is 10.8. The van der Waals surface area contributed by atoms with Crippen molar-refractivity contribution in [1.29, 1.82) is 0 Å². The zero-order valence-corrected chi connectivity index (χ0v) is 11.0. The minimum Gasteiger partial charge on any atom is -0.399 e. The molecule has 2 heterocycles. The summed E-state index contributed by atoms with van der Waals surface area (Å²) >= 11 is 0. The molecule has 0 atom stereocenters. The first-order valence-electron chi connectivity index (χ1n) is 6.25. The van der Waals surface area contributed by atoms with Gasteiger partial charge in [-0.05, 0) is 18.2 Å². The molecule has 7 nitrogen and oxygen atoms in total. The summed E-state index contributed by atoms with van der Waals surface area (Å²) in [5.41, 5.74) is 7.34. The zero-order valence-electron chi connectivity index (χ0n) is 11.0. The summed E-state index contributed by atoms with van der Waals surface area (Å²) < 4.78 is 4.92. The Bertz CT molecular complexity index is 739. The maximum absolute atomic E-state index is 5.80. The number of nitrogens with two attached hydrogens (primary N) is 1. The maximum atomic E-state index is 5.80. The van der Waals surface area contributed by atoms with Crippen LogP contribution in [0, 0.1) is 6.92 Å². The molecule has 0 aliphatic rings. The van der Waals surface area contributed by atoms with Gasteiger partial charge in [0.2, 0.25) is 5.89 Å². The number of nitrogens with zero attached hydrogens (tertiary/aromatic N) is 4. The predicted molar refractivity (Wildman–Crippen MR) is 75.2 cm³/mol. The number of fused-ring (bicyclic) bond motifs is 1. The van der Waals surface area contributed by atoms with Crippen molar-refractivity contribution in [2.75, 3.05) is 17.6 Å². The Labute approximate surface area is 115 Å². The molecular weight excluding hydrogens is 256 g/mol. The van der Waals surface area contributed by atoms with E-state index < -0.39 is 0 Å². The number of rotatable bonds is 4. The highest BCUT2D eigenvalue weighted by molar-refractivity contribution is 5.91. The average molecular weight is 270 g/mol. The number of hydrogen-bond acceptors (Lipinski definition) is 7. The van der Waals surface area contributed by atoms with Crippen LogP contribution in [0.3, 0.4) is 0 Å². The van der Waals surface area contributed by atoms with Crippen molar-refractivity contribution in [3.8, 4) is 0 Å². The first-order chi connectivity index (χ1) is 9.72. The topological polar surface area (TPSA) is 103 Å². The van der Waals surface area contributed by atoms with Crippen molar-refractivity contribution in [2.24, 2.45) is 0 Å². The van der Waals surface area contributed by atoms with Crippen LogP contribution in [-0.4, -0.2) is 26.7 Å². The molecule has 0 unspecified atom stereocenters. The summed E-state index contributed by atoms with van der Waals surface area (Å²) in [4.78, 5) is 12.6. The lowest BCUT2D eigenvalue weighted by atomic mass is 10.2. The molecule has 0 aliphatic carbocycles. The molecule has 3 aromatic rings. The van der Waals surface area contributed by atoms with E-state index in [-0.39, 0.29) is 0 Å². The Kier molecular flexibility index (Phi) is 3.16. The van der Waals surface area contributed by atoms with E-state index in [1.54, 1.807) is 6.92 Å². The Morgan fingerprint density at radius 3 is 3.00 bits per heavy atom. The number of benzene rings is 1. The van der Waals surface area contributed by atoms with Gasteiger partial charge in [0.05, 0.1) is 5.52 Å². The van der Waals surface area contributed by atoms with Crippen LogP contribution < -0.4 is 11.1 Å². The SMILES string of the molecule is Cc1nc(CCNc2ncnc3ccc(N)cc23)no1. The minimum atomic E-state index is 0.570. The molecule has 102 valence electrons. The third-order valence-electron chi connectivity index (χ3n) is 2.87. The van der Waals surface area contributed by atoms with Crippen molar-refractivity contribution >= 4 is 22.4 Å². The second kappa shape index (κ2) is 5.12. The van der Waals surface area contributed by atoms with Crippen LogP contribution >= 0.6 is 0 Å². The van der Waals surface area contributed by atoms with Gasteiger partial charge in [-0.3, -0.25) is 0 Å². The van der Waals surface area contributed by atoms with E-state index in [2.05, 4.69) is 25.4 Å². The molecule has 2 aromatic heterocycles. The van der Waals surface area contributed by atoms with Gasteiger partial charge >= 0.3 is 0 Å². The predicted octanol–water partition coefficient (Wildman–Crippen LogP) is 1.56. The Morgan fingerprint density at radius 1 is 1.30 bits per heavy atom. The van der Waals surface area contributed by atoms with E-state index in [4.69, 9.17) is 10.3 Å². The number of nitrogens with one attached hydrogen (secondary N) is 1. The molecule has 7 heteroatoms. The maximum Gasteiger partial charge on any atom is 0.223 e. The Balaban J connectivity index is 1.75. The van der Waals surface area contributed by atoms with Crippen LogP contribution in [0.15, 0.2) is 29.0 Å². The molecule has 0 bridgehead atoms. The van der Waals surface area contributed by atoms with Crippen LogP contribution in [0.2, 0.25) is 0 Å². The summed E-state index contributed by atoms with van der Waals surface area (Å²) in [6, 6.07) is 5.55. The lowest BCUT2D eigenvalue weighted by Crippen LogP contribution is -2.08. The van der Waals surface area contributed by atoms with Gasteiger partial charge in [0, 0.05) is 31.0 Å². The number of anilines is 2. The van der Waals surface area contributed by atoms with Crippen LogP contribution in [0.1, 0.15) is 11.7 Å². The van der Waals surface area contributed by atoms with Crippen molar-refractivity contribution in [3.63, 3.8) is 0 Å². The minimum absolute atomic E-state index is 0.570. The first kappa shape index (κ1) is 12.3. The molecule has 20 heavy (non-hydrogen) atoms. The number of aromatic nitrogens is 4. The summed E-state index contributed by atoms with van der Waals surface area (Å²) in [6.45, 7) is 2.42. The second-order valence-corrected chi connectivity index (χ2v) is 4.41. The molecule has 0 spiro atoms. The highest BCUT2D eigenvalue weighted by Crippen LogP contribution is 2.21. The van der Waals surface area contributed by atoms with Crippen LogP contribution in [0.25, 0.3) is 10.9 Å². The fraction of sp³-hybridized carbons (Fsp3) is 0.231. The molecular formula is C13H14N6O. The van der Waals surface area contributed by atoms with E-state index >= 15 is 0 Å². The molecule has 3 rings (SSSR count). The molecule has 0 saturated heterocycles. The lowest BCUT2D eigenvalue weighted by molar-refractivity contribution is 0.387. The molecule has 0 radical (unpaired) electrons. The van der Waals surface area contributed by atoms with E-state index in [9.17, 15) is 0 Å². The van der Waals surface area contributed by atoms with Crippen molar-refractivity contribution in [1.82, 2.24) is 20.1 Å².